The zero-order valence-electron chi connectivity index (χ0n) is 10.1. The summed E-state index contributed by atoms with van der Waals surface area (Å²) in [4.78, 5) is 0. The minimum atomic E-state index is -5.21. The van der Waals surface area contributed by atoms with E-state index >= 15 is 0 Å². The molecule has 3 nitrogen and oxygen atoms in total. The Morgan fingerprint density at radius 3 is 2.25 bits per heavy atom. The van der Waals surface area contributed by atoms with Crippen LogP contribution in [0.1, 0.15) is 5.56 Å². The Kier molecular flexibility index (Phi) is 3.75. The summed E-state index contributed by atoms with van der Waals surface area (Å²) in [5.41, 5.74) is 0.225. The van der Waals surface area contributed by atoms with Crippen molar-refractivity contribution in [3.8, 4) is 0 Å². The van der Waals surface area contributed by atoms with Crippen LogP contribution in [0.15, 0.2) is 42.5 Å². The molecule has 20 heavy (non-hydrogen) atoms. The van der Waals surface area contributed by atoms with Crippen LogP contribution in [0, 0.1) is 0 Å². The molecule has 0 fully saturated rings. The van der Waals surface area contributed by atoms with Crippen molar-refractivity contribution in [2.24, 2.45) is 0 Å². The van der Waals surface area contributed by atoms with E-state index in [4.69, 9.17) is 4.55 Å². The van der Waals surface area contributed by atoms with Gasteiger partial charge in [0.2, 0.25) is 0 Å². The van der Waals surface area contributed by atoms with E-state index in [1.807, 2.05) is 0 Å². The number of fused-ring (bicyclic) bond motifs is 1. The van der Waals surface area contributed by atoms with E-state index in [1.54, 1.807) is 36.4 Å². The molecular formula is C13H11F3O3S. The van der Waals surface area contributed by atoms with Crippen molar-refractivity contribution in [2.45, 2.75) is 17.8 Å². The number of rotatable bonds is 3. The molecule has 0 aromatic heterocycles. The highest BCUT2D eigenvalue weighted by Gasteiger charge is 2.48. The summed E-state index contributed by atoms with van der Waals surface area (Å²) < 4.78 is 69.0. The van der Waals surface area contributed by atoms with E-state index in [9.17, 15) is 21.6 Å². The molecule has 2 aromatic carbocycles. The average molecular weight is 304 g/mol. The zero-order chi connectivity index (χ0) is 15.0. The van der Waals surface area contributed by atoms with Crippen molar-refractivity contribution < 1.29 is 26.1 Å². The number of hydrogen-bond donors (Lipinski definition) is 1. The van der Waals surface area contributed by atoms with Crippen LogP contribution in [0.4, 0.5) is 13.2 Å². The lowest BCUT2D eigenvalue weighted by molar-refractivity contribution is -0.131. The standard InChI is InChI=1S/C13H11F3O3S/c14-13(15,16)12(20(17,18)19)8-10-6-3-5-9-4-1-2-7-11(9)10/h1-7,12H,8H2,(H,17,18,19). The van der Waals surface area contributed by atoms with E-state index in [-0.39, 0.29) is 5.56 Å². The maximum absolute atomic E-state index is 12.8. The highest BCUT2D eigenvalue weighted by atomic mass is 32.2. The van der Waals surface area contributed by atoms with Crippen molar-refractivity contribution in [2.75, 3.05) is 0 Å². The quantitative estimate of drug-likeness (QED) is 0.886. The van der Waals surface area contributed by atoms with E-state index in [0.29, 0.717) is 10.8 Å². The fraction of sp³-hybridized carbons (Fsp3) is 0.231. The SMILES string of the molecule is O=S(=O)(O)C(Cc1cccc2ccccc12)C(F)(F)F. The summed E-state index contributed by atoms with van der Waals surface area (Å²) in [6.07, 6.45) is -5.84. The van der Waals surface area contributed by atoms with E-state index in [1.165, 1.54) is 6.07 Å². The molecule has 0 heterocycles. The monoisotopic (exact) mass is 304 g/mol. The molecule has 0 spiro atoms. The highest BCUT2D eigenvalue weighted by Crippen LogP contribution is 2.30. The van der Waals surface area contributed by atoms with Gasteiger partial charge in [0.1, 0.15) is 0 Å². The number of alkyl halides is 3. The third-order valence-corrected chi connectivity index (χ3v) is 4.16. The van der Waals surface area contributed by atoms with Crippen LogP contribution in [0.25, 0.3) is 10.8 Å². The molecular weight excluding hydrogens is 293 g/mol. The van der Waals surface area contributed by atoms with Gasteiger partial charge < -0.3 is 0 Å². The summed E-state index contributed by atoms with van der Waals surface area (Å²) >= 11 is 0. The molecule has 0 aliphatic heterocycles. The molecule has 0 aliphatic rings. The van der Waals surface area contributed by atoms with Crippen LogP contribution < -0.4 is 0 Å². The largest absolute Gasteiger partial charge is 0.408 e. The second-order valence-electron chi connectivity index (χ2n) is 4.39. The topological polar surface area (TPSA) is 54.4 Å². The van der Waals surface area contributed by atoms with Crippen LogP contribution in [0.2, 0.25) is 0 Å². The van der Waals surface area contributed by atoms with Crippen molar-refractivity contribution in [1.82, 2.24) is 0 Å². The van der Waals surface area contributed by atoms with E-state index in [0.717, 1.165) is 0 Å². The van der Waals surface area contributed by atoms with Gasteiger partial charge in [0.05, 0.1) is 0 Å². The number of hydrogen-bond acceptors (Lipinski definition) is 2. The smallest absolute Gasteiger partial charge is 0.285 e. The molecule has 0 saturated carbocycles. The van der Waals surface area contributed by atoms with Gasteiger partial charge in [-0.15, -0.1) is 0 Å². The maximum Gasteiger partial charge on any atom is 0.408 e. The molecule has 2 aromatic rings. The molecule has 108 valence electrons. The first-order chi connectivity index (χ1) is 9.19. The summed E-state index contributed by atoms with van der Waals surface area (Å²) in [6, 6.07) is 11.4. The Morgan fingerprint density at radius 1 is 1.05 bits per heavy atom. The fourth-order valence-electron chi connectivity index (χ4n) is 2.06. The van der Waals surface area contributed by atoms with Crippen molar-refractivity contribution in [1.29, 1.82) is 0 Å². The minimum Gasteiger partial charge on any atom is -0.285 e. The van der Waals surface area contributed by atoms with Crippen LogP contribution in [0.5, 0.6) is 0 Å². The Morgan fingerprint density at radius 2 is 1.65 bits per heavy atom. The lowest BCUT2D eigenvalue weighted by Crippen LogP contribution is -2.38. The molecule has 2 rings (SSSR count). The zero-order valence-corrected chi connectivity index (χ0v) is 10.9. The predicted octanol–water partition coefficient (Wildman–Crippen LogP) is 3.20. The summed E-state index contributed by atoms with van der Waals surface area (Å²) in [5.74, 6) is 0. The first-order valence-corrected chi connectivity index (χ1v) is 7.19. The predicted molar refractivity (Wildman–Crippen MR) is 69.0 cm³/mol. The Labute approximate surface area is 113 Å². The normalized spacial score (nSPS) is 14.4. The molecule has 0 bridgehead atoms. The van der Waals surface area contributed by atoms with E-state index < -0.39 is 28.0 Å². The fourth-order valence-corrected chi connectivity index (χ4v) is 2.79. The van der Waals surface area contributed by atoms with Crippen LogP contribution >= 0.6 is 0 Å². The summed E-state index contributed by atoms with van der Waals surface area (Å²) in [6.45, 7) is 0. The minimum absolute atomic E-state index is 0.225. The molecule has 7 heteroatoms. The lowest BCUT2D eigenvalue weighted by atomic mass is 10.0. The number of benzene rings is 2. The molecule has 0 amide bonds. The third kappa shape index (κ3) is 3.10. The molecule has 1 N–H and O–H groups in total. The Balaban J connectivity index is 2.50. The average Bonchev–Trinajstić information content (AvgIpc) is 2.33. The van der Waals surface area contributed by atoms with Gasteiger partial charge in [-0.3, -0.25) is 4.55 Å². The molecule has 0 radical (unpaired) electrons. The van der Waals surface area contributed by atoms with Crippen LogP contribution in [-0.2, 0) is 16.5 Å². The van der Waals surface area contributed by atoms with Gasteiger partial charge >= 0.3 is 6.18 Å². The molecule has 0 saturated heterocycles. The van der Waals surface area contributed by atoms with Crippen LogP contribution in [-0.4, -0.2) is 24.4 Å². The van der Waals surface area contributed by atoms with Gasteiger partial charge in [0, 0.05) is 6.42 Å². The van der Waals surface area contributed by atoms with Crippen LogP contribution in [0.3, 0.4) is 0 Å². The van der Waals surface area contributed by atoms with Gasteiger partial charge in [-0.1, -0.05) is 42.5 Å². The molecule has 1 unspecified atom stereocenters. The lowest BCUT2D eigenvalue weighted by Gasteiger charge is -2.18. The second-order valence-corrected chi connectivity index (χ2v) is 5.99. The summed E-state index contributed by atoms with van der Waals surface area (Å²) in [5, 5.41) is -1.57. The van der Waals surface area contributed by atoms with Crippen molar-refractivity contribution >= 4 is 20.9 Å². The van der Waals surface area contributed by atoms with Crippen molar-refractivity contribution in [3.05, 3.63) is 48.0 Å². The summed E-state index contributed by atoms with van der Waals surface area (Å²) in [7, 11) is -5.21. The van der Waals surface area contributed by atoms with Gasteiger partial charge in [0.15, 0.2) is 5.25 Å². The van der Waals surface area contributed by atoms with Gasteiger partial charge in [-0.25, -0.2) is 0 Å². The first-order valence-electron chi connectivity index (χ1n) is 5.69. The van der Waals surface area contributed by atoms with Gasteiger partial charge in [-0.2, -0.15) is 21.6 Å². The Hall–Kier alpha value is -1.60. The highest BCUT2D eigenvalue weighted by molar-refractivity contribution is 7.86. The van der Waals surface area contributed by atoms with Gasteiger partial charge in [-0.05, 0) is 16.3 Å². The molecule has 1 atom stereocenters. The third-order valence-electron chi connectivity index (χ3n) is 3.01. The van der Waals surface area contributed by atoms with Crippen molar-refractivity contribution in [3.63, 3.8) is 0 Å². The van der Waals surface area contributed by atoms with E-state index in [2.05, 4.69) is 0 Å². The molecule has 0 aliphatic carbocycles. The second kappa shape index (κ2) is 5.06. The first kappa shape index (κ1) is 14.8. The maximum atomic E-state index is 12.8. The number of halogens is 3. The Bertz CT molecular complexity index is 718. The van der Waals surface area contributed by atoms with Gasteiger partial charge in [0.25, 0.3) is 10.1 Å².